The molecule has 0 bridgehead atoms. The van der Waals surface area contributed by atoms with E-state index in [1.165, 1.54) is 12.3 Å². The molecule has 3 heterocycles. The van der Waals surface area contributed by atoms with Crippen molar-refractivity contribution in [3.63, 3.8) is 0 Å². The van der Waals surface area contributed by atoms with Crippen molar-refractivity contribution in [3.05, 3.63) is 48.3 Å². The predicted molar refractivity (Wildman–Crippen MR) is 94.4 cm³/mol. The fraction of sp³-hybridized carbons (Fsp3) is 0.125. The summed E-state index contributed by atoms with van der Waals surface area (Å²) in [7, 11) is -4.41. The molecule has 144 valence electrons. The molecule has 4 aromatic rings. The summed E-state index contributed by atoms with van der Waals surface area (Å²) in [5.41, 5.74) is -0.350. The van der Waals surface area contributed by atoms with Crippen molar-refractivity contribution < 1.29 is 21.9 Å². The van der Waals surface area contributed by atoms with Gasteiger partial charge in [-0.2, -0.15) is 27.3 Å². The van der Waals surface area contributed by atoms with Crippen LogP contribution < -0.4 is 9.46 Å². The van der Waals surface area contributed by atoms with E-state index < -0.39 is 26.9 Å². The molecule has 4 rings (SSSR count). The van der Waals surface area contributed by atoms with Gasteiger partial charge in [0.2, 0.25) is 5.95 Å². The molecule has 0 fully saturated rings. The van der Waals surface area contributed by atoms with Gasteiger partial charge in [-0.15, -0.1) is 5.10 Å². The molecule has 3 aromatic heterocycles. The minimum Gasteiger partial charge on any atom is -0.464 e. The van der Waals surface area contributed by atoms with Crippen molar-refractivity contribution in [1.82, 2.24) is 24.6 Å². The van der Waals surface area contributed by atoms with Crippen molar-refractivity contribution in [2.45, 2.75) is 12.1 Å². The Labute approximate surface area is 157 Å². The highest BCUT2D eigenvalue weighted by atomic mass is 32.2. The van der Waals surface area contributed by atoms with E-state index in [4.69, 9.17) is 4.74 Å². The summed E-state index contributed by atoms with van der Waals surface area (Å²) in [5.74, 6) is -1.73. The molecule has 0 aliphatic heterocycles. The Kier molecular flexibility index (Phi) is 4.26. The second-order valence-electron chi connectivity index (χ2n) is 5.56. The Morgan fingerprint density at radius 3 is 2.82 bits per heavy atom. The fourth-order valence-electron chi connectivity index (χ4n) is 2.55. The monoisotopic (exact) mass is 406 g/mol. The zero-order chi connectivity index (χ0) is 19.9. The molecule has 9 nitrogen and oxygen atoms in total. The van der Waals surface area contributed by atoms with Gasteiger partial charge in [-0.3, -0.25) is 9.71 Å². The molecular formula is C16H12F2N6O3S. The Balaban J connectivity index is 1.82. The van der Waals surface area contributed by atoms with Gasteiger partial charge >= 0.3 is 6.01 Å². The van der Waals surface area contributed by atoms with E-state index in [2.05, 4.69) is 24.8 Å². The summed E-state index contributed by atoms with van der Waals surface area (Å²) in [6, 6.07) is 6.52. The highest BCUT2D eigenvalue weighted by Gasteiger charge is 2.25. The van der Waals surface area contributed by atoms with E-state index in [0.29, 0.717) is 5.39 Å². The Bertz CT molecular complexity index is 1310. The van der Waals surface area contributed by atoms with Gasteiger partial charge in [0.05, 0.1) is 12.1 Å². The van der Waals surface area contributed by atoms with Crippen LogP contribution in [-0.4, -0.2) is 39.6 Å². The second-order valence-corrected chi connectivity index (χ2v) is 7.14. The van der Waals surface area contributed by atoms with E-state index >= 15 is 0 Å². The van der Waals surface area contributed by atoms with E-state index in [-0.39, 0.29) is 29.5 Å². The third-order valence-electron chi connectivity index (χ3n) is 3.72. The maximum atomic E-state index is 14.3. The zero-order valence-corrected chi connectivity index (χ0v) is 15.1. The van der Waals surface area contributed by atoms with Gasteiger partial charge in [-0.25, -0.2) is 4.39 Å². The van der Waals surface area contributed by atoms with Crippen molar-refractivity contribution >= 4 is 32.3 Å². The number of sulfonamides is 1. The summed E-state index contributed by atoms with van der Waals surface area (Å²) in [5, 5.41) is 3.64. The van der Waals surface area contributed by atoms with Gasteiger partial charge in [0.1, 0.15) is 11.5 Å². The first kappa shape index (κ1) is 18.0. The molecule has 0 saturated carbocycles. The van der Waals surface area contributed by atoms with Gasteiger partial charge < -0.3 is 4.74 Å². The summed E-state index contributed by atoms with van der Waals surface area (Å²) in [6.45, 7) is 1.80. The molecule has 0 saturated heterocycles. The molecule has 0 amide bonds. The number of aromatic nitrogens is 5. The quantitative estimate of drug-likeness (QED) is 0.506. The van der Waals surface area contributed by atoms with Crippen LogP contribution in [0.2, 0.25) is 0 Å². The summed E-state index contributed by atoms with van der Waals surface area (Å²) >= 11 is 0. The molecule has 0 spiro atoms. The third-order valence-corrected chi connectivity index (χ3v) is 4.85. The number of hydrogen-bond donors (Lipinski definition) is 1. The predicted octanol–water partition coefficient (Wildman–Crippen LogP) is 2.15. The number of halogens is 2. The van der Waals surface area contributed by atoms with Crippen molar-refractivity contribution in [3.8, 4) is 6.01 Å². The lowest BCUT2D eigenvalue weighted by atomic mass is 10.2. The molecule has 1 N–H and O–H groups in total. The summed E-state index contributed by atoms with van der Waals surface area (Å²) in [4.78, 5) is 11.3. The van der Waals surface area contributed by atoms with Gasteiger partial charge in [-0.05, 0) is 25.1 Å². The smallest absolute Gasteiger partial charge is 0.322 e. The van der Waals surface area contributed by atoms with E-state index in [0.717, 1.165) is 16.6 Å². The van der Waals surface area contributed by atoms with Gasteiger partial charge in [0, 0.05) is 17.6 Å². The molecule has 1 aromatic carbocycles. The minimum absolute atomic E-state index is 0.123. The lowest BCUT2D eigenvalue weighted by molar-refractivity contribution is 0.296. The normalized spacial score (nSPS) is 11.8. The van der Waals surface area contributed by atoms with E-state index in [1.54, 1.807) is 19.1 Å². The highest BCUT2D eigenvalue weighted by molar-refractivity contribution is 7.92. The molecule has 0 unspecified atom stereocenters. The topological polar surface area (TPSA) is 111 Å². The molecule has 0 radical (unpaired) electrons. The zero-order valence-electron chi connectivity index (χ0n) is 14.3. The minimum atomic E-state index is -4.41. The van der Waals surface area contributed by atoms with Crippen LogP contribution in [0.25, 0.3) is 16.6 Å². The lowest BCUT2D eigenvalue weighted by Gasteiger charge is -2.09. The number of nitrogens with one attached hydrogen (secondary N) is 1. The molecule has 0 aliphatic rings. The van der Waals surface area contributed by atoms with Crippen LogP contribution in [0.5, 0.6) is 6.01 Å². The average molecular weight is 406 g/mol. The summed E-state index contributed by atoms with van der Waals surface area (Å²) < 4.78 is 61.5. The Morgan fingerprint density at radius 2 is 2.04 bits per heavy atom. The van der Waals surface area contributed by atoms with Gasteiger partial charge in [0.25, 0.3) is 15.2 Å². The van der Waals surface area contributed by atoms with Crippen molar-refractivity contribution in [1.29, 1.82) is 0 Å². The van der Waals surface area contributed by atoms with E-state index in [9.17, 15) is 17.2 Å². The number of fused-ring (bicyclic) bond motifs is 2. The fourth-order valence-corrected chi connectivity index (χ4v) is 3.51. The molecular weight excluding hydrogens is 394 g/mol. The number of nitrogens with zero attached hydrogens (tertiary/aromatic N) is 5. The first-order valence-electron chi connectivity index (χ1n) is 8.01. The molecule has 28 heavy (non-hydrogen) atoms. The van der Waals surface area contributed by atoms with Crippen LogP contribution in [0.1, 0.15) is 6.92 Å². The first-order valence-corrected chi connectivity index (χ1v) is 9.49. The van der Waals surface area contributed by atoms with Gasteiger partial charge in [-0.1, -0.05) is 6.07 Å². The molecule has 0 aliphatic carbocycles. The Morgan fingerprint density at radius 1 is 1.21 bits per heavy atom. The number of ether oxygens (including phenoxy) is 1. The number of pyridine rings is 1. The highest BCUT2D eigenvalue weighted by Crippen LogP contribution is 2.27. The lowest BCUT2D eigenvalue weighted by Crippen LogP contribution is -2.16. The maximum Gasteiger partial charge on any atom is 0.322 e. The molecule has 0 atom stereocenters. The number of rotatable bonds is 5. The number of hydrogen-bond acceptors (Lipinski definition) is 7. The van der Waals surface area contributed by atoms with Crippen molar-refractivity contribution in [2.24, 2.45) is 0 Å². The Hall–Kier alpha value is -3.41. The van der Waals surface area contributed by atoms with Crippen molar-refractivity contribution in [2.75, 3.05) is 11.3 Å². The SMILES string of the molecule is CCOc1nc(F)cc2nc(S(=O)(=O)Nc3c(F)ccc4cccnc34)nn12. The van der Waals surface area contributed by atoms with Crippen LogP contribution in [0.4, 0.5) is 14.5 Å². The summed E-state index contributed by atoms with van der Waals surface area (Å²) in [6.07, 6.45) is 1.41. The van der Waals surface area contributed by atoms with Gasteiger partial charge in [0.15, 0.2) is 5.65 Å². The van der Waals surface area contributed by atoms with Crippen LogP contribution in [0.3, 0.4) is 0 Å². The van der Waals surface area contributed by atoms with Crippen LogP contribution in [0.15, 0.2) is 41.7 Å². The van der Waals surface area contributed by atoms with E-state index in [1.807, 2.05) is 0 Å². The first-order chi connectivity index (χ1) is 13.4. The molecule has 12 heteroatoms. The standard InChI is InChI=1S/C16H12F2N6O3S/c1-2-27-16-20-11(18)8-12-21-15(22-24(12)16)28(25,26)23-14-10(17)6-5-9-4-3-7-19-13(9)14/h3-8,23H,2H2,1H3. The van der Waals surface area contributed by atoms with Crippen LogP contribution in [-0.2, 0) is 10.0 Å². The van der Waals surface area contributed by atoms with Crippen LogP contribution >= 0.6 is 0 Å². The second kappa shape index (κ2) is 6.64. The third kappa shape index (κ3) is 3.07. The van der Waals surface area contributed by atoms with Crippen LogP contribution in [0, 0.1) is 11.8 Å². The number of anilines is 1. The number of benzene rings is 1. The largest absolute Gasteiger partial charge is 0.464 e. The maximum absolute atomic E-state index is 14.3. The average Bonchev–Trinajstić information content (AvgIpc) is 3.09.